The molecule has 186 valence electrons. The molecule has 0 spiro atoms. The van der Waals surface area contributed by atoms with E-state index < -0.39 is 10.0 Å². The number of sulfonamides is 1. The van der Waals surface area contributed by atoms with Crippen LogP contribution in [-0.2, 0) is 14.8 Å². The number of nitrogens with one attached hydrogen (secondary N) is 1. The molecule has 36 heavy (non-hydrogen) atoms. The van der Waals surface area contributed by atoms with Crippen molar-refractivity contribution in [2.45, 2.75) is 30.7 Å². The minimum atomic E-state index is -3.54. The van der Waals surface area contributed by atoms with E-state index in [1.807, 2.05) is 55.5 Å². The van der Waals surface area contributed by atoms with Gasteiger partial charge in [0.25, 0.3) is 0 Å². The molecule has 4 aromatic rings. The molecule has 1 amide bonds. The fraction of sp³-hybridized carbons (Fsp3) is 0.222. The number of thioether (sulfide) groups is 1. The summed E-state index contributed by atoms with van der Waals surface area (Å²) in [5.74, 6) is 0.549. The van der Waals surface area contributed by atoms with Crippen LogP contribution >= 0.6 is 11.8 Å². The molecular formula is C27H28N4O3S2. The maximum absolute atomic E-state index is 12.7. The highest BCUT2D eigenvalue weighted by atomic mass is 32.2. The molecule has 1 aromatic heterocycles. The van der Waals surface area contributed by atoms with Crippen LogP contribution in [0.25, 0.3) is 22.3 Å². The molecule has 0 unspecified atom stereocenters. The van der Waals surface area contributed by atoms with E-state index >= 15 is 0 Å². The first-order valence-corrected chi connectivity index (χ1v) is 14.1. The monoisotopic (exact) mass is 520 g/mol. The first-order chi connectivity index (χ1) is 17.3. The van der Waals surface area contributed by atoms with Gasteiger partial charge in [0.05, 0.1) is 16.2 Å². The van der Waals surface area contributed by atoms with Gasteiger partial charge in [-0.3, -0.25) is 4.79 Å². The van der Waals surface area contributed by atoms with Crippen molar-refractivity contribution in [1.29, 1.82) is 0 Å². The summed E-state index contributed by atoms with van der Waals surface area (Å²) >= 11 is 1.35. The lowest BCUT2D eigenvalue weighted by Crippen LogP contribution is -2.30. The number of nitrogens with zero attached hydrogens (tertiary/aromatic N) is 3. The highest BCUT2D eigenvalue weighted by molar-refractivity contribution is 8.00. The third kappa shape index (κ3) is 5.75. The SMILES string of the molecule is CCN(CC)S(=O)(=O)c1ccc(NC(=O)CSc2nc(-c3ccccc3)nc3ccc(C)cc23)cc1. The number of anilines is 1. The second-order valence-electron chi connectivity index (χ2n) is 8.19. The van der Waals surface area contributed by atoms with Gasteiger partial charge in [-0.1, -0.05) is 67.6 Å². The molecule has 0 aliphatic heterocycles. The van der Waals surface area contributed by atoms with Crippen molar-refractivity contribution in [2.75, 3.05) is 24.2 Å². The zero-order chi connectivity index (χ0) is 25.7. The maximum Gasteiger partial charge on any atom is 0.243 e. The fourth-order valence-corrected chi connectivity index (χ4v) is 6.06. The van der Waals surface area contributed by atoms with Crippen LogP contribution in [0.5, 0.6) is 0 Å². The minimum absolute atomic E-state index is 0.147. The maximum atomic E-state index is 12.7. The van der Waals surface area contributed by atoms with Gasteiger partial charge in [-0.25, -0.2) is 18.4 Å². The molecule has 3 aromatic carbocycles. The zero-order valence-corrected chi connectivity index (χ0v) is 22.1. The Kier molecular flexibility index (Phi) is 8.03. The van der Waals surface area contributed by atoms with E-state index in [1.165, 1.54) is 28.2 Å². The predicted octanol–water partition coefficient (Wildman–Crippen LogP) is 5.37. The van der Waals surface area contributed by atoms with Crippen molar-refractivity contribution in [3.05, 3.63) is 78.4 Å². The van der Waals surface area contributed by atoms with Gasteiger partial charge in [-0.2, -0.15) is 4.31 Å². The number of aromatic nitrogens is 2. The van der Waals surface area contributed by atoms with Crippen molar-refractivity contribution >= 4 is 44.3 Å². The van der Waals surface area contributed by atoms with Crippen LogP contribution in [0.2, 0.25) is 0 Å². The van der Waals surface area contributed by atoms with E-state index in [-0.39, 0.29) is 16.6 Å². The van der Waals surface area contributed by atoms with Gasteiger partial charge in [0.15, 0.2) is 5.82 Å². The number of fused-ring (bicyclic) bond motifs is 1. The normalized spacial score (nSPS) is 11.7. The molecule has 4 rings (SSSR count). The lowest BCUT2D eigenvalue weighted by atomic mass is 10.1. The molecule has 1 heterocycles. The van der Waals surface area contributed by atoms with E-state index in [4.69, 9.17) is 9.97 Å². The Morgan fingerprint density at radius 3 is 2.31 bits per heavy atom. The summed E-state index contributed by atoms with van der Waals surface area (Å²) in [4.78, 5) is 22.4. The lowest BCUT2D eigenvalue weighted by Gasteiger charge is -2.18. The fourth-order valence-electron chi connectivity index (χ4n) is 3.79. The highest BCUT2D eigenvalue weighted by Crippen LogP contribution is 2.29. The molecule has 0 atom stereocenters. The number of amides is 1. The molecule has 0 saturated heterocycles. The number of aryl methyl sites for hydroxylation is 1. The number of hydrogen-bond acceptors (Lipinski definition) is 6. The molecule has 1 N–H and O–H groups in total. The summed E-state index contributed by atoms with van der Waals surface area (Å²) in [5.41, 5.74) is 3.35. The average molecular weight is 521 g/mol. The van der Waals surface area contributed by atoms with Gasteiger partial charge in [-0.15, -0.1) is 0 Å². The summed E-state index contributed by atoms with van der Waals surface area (Å²) in [5, 5.41) is 4.48. The van der Waals surface area contributed by atoms with Crippen LogP contribution in [0.3, 0.4) is 0 Å². The Labute approximate surface area is 216 Å². The first kappa shape index (κ1) is 25.8. The van der Waals surface area contributed by atoms with Gasteiger partial charge in [0.1, 0.15) is 5.03 Å². The Morgan fingerprint density at radius 2 is 1.64 bits per heavy atom. The largest absolute Gasteiger partial charge is 0.325 e. The van der Waals surface area contributed by atoms with Crippen molar-refractivity contribution in [1.82, 2.24) is 14.3 Å². The van der Waals surface area contributed by atoms with E-state index in [0.29, 0.717) is 24.6 Å². The summed E-state index contributed by atoms with van der Waals surface area (Å²) in [6, 6.07) is 22.0. The van der Waals surface area contributed by atoms with Crippen LogP contribution < -0.4 is 5.32 Å². The van der Waals surface area contributed by atoms with Gasteiger partial charge in [0, 0.05) is 29.7 Å². The highest BCUT2D eigenvalue weighted by Gasteiger charge is 2.21. The summed E-state index contributed by atoms with van der Waals surface area (Å²) < 4.78 is 26.7. The van der Waals surface area contributed by atoms with E-state index in [2.05, 4.69) is 5.32 Å². The van der Waals surface area contributed by atoms with E-state index in [1.54, 1.807) is 26.0 Å². The molecule has 0 radical (unpaired) electrons. The molecular weight excluding hydrogens is 492 g/mol. The Hall–Kier alpha value is -3.27. The number of carbonyl (C=O) groups is 1. The number of rotatable bonds is 9. The Morgan fingerprint density at radius 1 is 0.944 bits per heavy atom. The quantitative estimate of drug-likeness (QED) is 0.236. The van der Waals surface area contributed by atoms with Gasteiger partial charge in [0.2, 0.25) is 15.9 Å². The topological polar surface area (TPSA) is 92.3 Å². The second-order valence-corrected chi connectivity index (χ2v) is 11.1. The number of carbonyl (C=O) groups excluding carboxylic acids is 1. The third-order valence-electron chi connectivity index (χ3n) is 5.67. The minimum Gasteiger partial charge on any atom is -0.325 e. The zero-order valence-electron chi connectivity index (χ0n) is 20.4. The van der Waals surface area contributed by atoms with Crippen LogP contribution in [-0.4, -0.2) is 47.4 Å². The van der Waals surface area contributed by atoms with Crippen molar-refractivity contribution in [3.8, 4) is 11.4 Å². The van der Waals surface area contributed by atoms with Crippen molar-refractivity contribution in [3.63, 3.8) is 0 Å². The van der Waals surface area contributed by atoms with Gasteiger partial charge in [-0.05, 0) is 43.3 Å². The molecule has 0 aliphatic carbocycles. The average Bonchev–Trinajstić information content (AvgIpc) is 2.88. The van der Waals surface area contributed by atoms with E-state index in [9.17, 15) is 13.2 Å². The third-order valence-corrected chi connectivity index (χ3v) is 8.72. The molecule has 0 aliphatic rings. The molecule has 9 heteroatoms. The van der Waals surface area contributed by atoms with Gasteiger partial charge < -0.3 is 5.32 Å². The van der Waals surface area contributed by atoms with Crippen molar-refractivity contribution in [2.24, 2.45) is 0 Å². The van der Waals surface area contributed by atoms with Crippen LogP contribution in [0.15, 0.2) is 82.7 Å². The van der Waals surface area contributed by atoms with Crippen LogP contribution in [0, 0.1) is 6.92 Å². The summed E-state index contributed by atoms with van der Waals surface area (Å²) in [6.45, 7) is 6.42. The molecule has 7 nitrogen and oxygen atoms in total. The standard InChI is InChI=1S/C27H28N4O3S2/c1-4-31(5-2)36(33,34)22-14-12-21(13-15-22)28-25(32)18-35-27-23-17-19(3)11-16-24(23)29-26(30-27)20-9-7-6-8-10-20/h6-17H,4-5,18H2,1-3H3,(H,28,32). The van der Waals surface area contributed by atoms with Crippen LogP contribution in [0.4, 0.5) is 5.69 Å². The number of benzene rings is 3. The summed E-state index contributed by atoms with van der Waals surface area (Å²) in [7, 11) is -3.54. The molecule has 0 saturated carbocycles. The predicted molar refractivity (Wildman–Crippen MR) is 146 cm³/mol. The van der Waals surface area contributed by atoms with Crippen LogP contribution in [0.1, 0.15) is 19.4 Å². The molecule has 0 bridgehead atoms. The van der Waals surface area contributed by atoms with E-state index in [0.717, 1.165) is 27.1 Å². The lowest BCUT2D eigenvalue weighted by molar-refractivity contribution is -0.113. The Bertz CT molecular complexity index is 1470. The summed E-state index contributed by atoms with van der Waals surface area (Å²) in [6.07, 6.45) is 0. The second kappa shape index (κ2) is 11.2. The smallest absolute Gasteiger partial charge is 0.243 e. The molecule has 0 fully saturated rings. The van der Waals surface area contributed by atoms with Gasteiger partial charge >= 0.3 is 0 Å². The van der Waals surface area contributed by atoms with Crippen molar-refractivity contribution < 1.29 is 13.2 Å². The first-order valence-electron chi connectivity index (χ1n) is 11.7. The Balaban J connectivity index is 1.50. The number of hydrogen-bond donors (Lipinski definition) is 1.